The number of aryl methyl sites for hydroxylation is 1. The van der Waals surface area contributed by atoms with E-state index in [1.54, 1.807) is 0 Å². The van der Waals surface area contributed by atoms with Crippen LogP contribution in [0.2, 0.25) is 0 Å². The van der Waals surface area contributed by atoms with Gasteiger partial charge in [0.15, 0.2) is 0 Å². The van der Waals surface area contributed by atoms with Crippen LogP contribution in [0.1, 0.15) is 32.0 Å². The molecule has 0 saturated heterocycles. The molecule has 0 amide bonds. The van der Waals surface area contributed by atoms with Crippen molar-refractivity contribution >= 4 is 28.4 Å². The van der Waals surface area contributed by atoms with Gasteiger partial charge in [0.1, 0.15) is 5.82 Å². The van der Waals surface area contributed by atoms with Crippen molar-refractivity contribution in [1.82, 2.24) is 9.36 Å². The summed E-state index contributed by atoms with van der Waals surface area (Å²) in [5.74, 6) is 2.08. The molecule has 0 aromatic carbocycles. The Morgan fingerprint density at radius 2 is 2.40 bits per heavy atom. The highest BCUT2D eigenvalue weighted by atomic mass is 32.2. The lowest BCUT2D eigenvalue weighted by atomic mass is 10.2. The Morgan fingerprint density at radius 1 is 1.53 bits per heavy atom. The minimum absolute atomic E-state index is 0.599. The number of anilines is 1. The van der Waals surface area contributed by atoms with Gasteiger partial charge in [0.25, 0.3) is 0 Å². The van der Waals surface area contributed by atoms with Crippen molar-refractivity contribution in [3.05, 3.63) is 5.82 Å². The zero-order valence-corrected chi connectivity index (χ0v) is 10.8. The second-order valence-corrected chi connectivity index (χ2v) is 6.09. The number of hydrogen-bond acceptors (Lipinski definition) is 5. The zero-order valence-electron chi connectivity index (χ0n) is 9.19. The van der Waals surface area contributed by atoms with Gasteiger partial charge >= 0.3 is 0 Å². The van der Waals surface area contributed by atoms with Gasteiger partial charge in [-0.25, -0.2) is 4.98 Å². The largest absolute Gasteiger partial charge is 0.356 e. The minimum Gasteiger partial charge on any atom is -0.356 e. The third-order valence-electron chi connectivity index (χ3n) is 2.67. The van der Waals surface area contributed by atoms with Crippen molar-refractivity contribution in [3.63, 3.8) is 0 Å². The van der Waals surface area contributed by atoms with Gasteiger partial charge in [-0.2, -0.15) is 16.1 Å². The molecule has 0 aliphatic heterocycles. The minimum atomic E-state index is 0.599. The Bertz CT molecular complexity index is 313. The van der Waals surface area contributed by atoms with Gasteiger partial charge in [-0.3, -0.25) is 0 Å². The van der Waals surface area contributed by atoms with Crippen LogP contribution in [-0.2, 0) is 0 Å². The topological polar surface area (TPSA) is 37.8 Å². The molecule has 1 aliphatic rings. The van der Waals surface area contributed by atoms with E-state index in [-0.39, 0.29) is 0 Å². The maximum absolute atomic E-state index is 4.36. The standard InChI is InChI=1S/C10H17N3S2/c1-3-14-9-6-4-5-8(9)12-10-11-7(2)13-15-10/h8-9H,3-6H2,1-2H3,(H,11,12,13)/t8-,9+/m0/s1. The fourth-order valence-electron chi connectivity index (χ4n) is 2.02. The Balaban J connectivity index is 1.93. The zero-order chi connectivity index (χ0) is 10.7. The summed E-state index contributed by atoms with van der Waals surface area (Å²) in [7, 11) is 0. The van der Waals surface area contributed by atoms with Crippen LogP contribution in [0.3, 0.4) is 0 Å². The molecule has 84 valence electrons. The molecule has 1 saturated carbocycles. The van der Waals surface area contributed by atoms with E-state index in [1.165, 1.54) is 36.5 Å². The molecule has 3 nitrogen and oxygen atoms in total. The van der Waals surface area contributed by atoms with Crippen molar-refractivity contribution in [2.24, 2.45) is 0 Å². The van der Waals surface area contributed by atoms with Crippen LogP contribution in [0.5, 0.6) is 0 Å². The summed E-state index contributed by atoms with van der Waals surface area (Å²) >= 11 is 3.54. The lowest BCUT2D eigenvalue weighted by Crippen LogP contribution is -2.26. The first-order valence-corrected chi connectivity index (χ1v) is 7.30. The van der Waals surface area contributed by atoms with Crippen molar-refractivity contribution < 1.29 is 0 Å². The Kier molecular flexibility index (Phi) is 3.86. The molecule has 1 N–H and O–H groups in total. The number of hydrogen-bond donors (Lipinski definition) is 1. The van der Waals surface area contributed by atoms with Crippen LogP contribution in [0.25, 0.3) is 0 Å². The molecule has 5 heteroatoms. The predicted molar refractivity (Wildman–Crippen MR) is 67.8 cm³/mol. The summed E-state index contributed by atoms with van der Waals surface area (Å²) in [4.78, 5) is 4.36. The first-order valence-electron chi connectivity index (χ1n) is 5.48. The quantitative estimate of drug-likeness (QED) is 0.882. The van der Waals surface area contributed by atoms with Crippen molar-refractivity contribution in [1.29, 1.82) is 0 Å². The molecule has 0 unspecified atom stereocenters. The molecule has 1 fully saturated rings. The van der Waals surface area contributed by atoms with Crippen LogP contribution in [0.15, 0.2) is 0 Å². The number of thioether (sulfide) groups is 1. The summed E-state index contributed by atoms with van der Waals surface area (Å²) in [6.07, 6.45) is 3.96. The van der Waals surface area contributed by atoms with Crippen LogP contribution in [0.4, 0.5) is 5.13 Å². The predicted octanol–water partition coefficient (Wildman–Crippen LogP) is 2.93. The Hall–Kier alpha value is -0.290. The van der Waals surface area contributed by atoms with E-state index in [9.17, 15) is 0 Å². The van der Waals surface area contributed by atoms with Crippen molar-refractivity contribution in [3.8, 4) is 0 Å². The van der Waals surface area contributed by atoms with Crippen molar-refractivity contribution in [2.75, 3.05) is 11.1 Å². The molecule has 0 radical (unpaired) electrons. The average Bonchev–Trinajstić information content (AvgIpc) is 2.78. The van der Waals surface area contributed by atoms with Crippen LogP contribution in [0, 0.1) is 6.92 Å². The first kappa shape index (κ1) is 11.2. The highest BCUT2D eigenvalue weighted by molar-refractivity contribution is 7.99. The van der Waals surface area contributed by atoms with E-state index in [4.69, 9.17) is 0 Å². The number of nitrogens with zero attached hydrogens (tertiary/aromatic N) is 2. The van der Waals surface area contributed by atoms with Gasteiger partial charge in [0, 0.05) is 22.8 Å². The molecule has 0 bridgehead atoms. The lowest BCUT2D eigenvalue weighted by molar-refractivity contribution is 0.766. The summed E-state index contributed by atoms with van der Waals surface area (Å²) in [6, 6.07) is 0.599. The summed E-state index contributed by atoms with van der Waals surface area (Å²) in [6.45, 7) is 4.17. The molecule has 1 aromatic rings. The van der Waals surface area contributed by atoms with E-state index in [1.807, 2.05) is 6.92 Å². The maximum atomic E-state index is 4.36. The monoisotopic (exact) mass is 243 g/mol. The van der Waals surface area contributed by atoms with Crippen molar-refractivity contribution in [2.45, 2.75) is 44.4 Å². The maximum Gasteiger partial charge on any atom is 0.202 e. The van der Waals surface area contributed by atoms with Crippen LogP contribution in [-0.4, -0.2) is 26.4 Å². The van der Waals surface area contributed by atoms with E-state index in [0.717, 1.165) is 16.2 Å². The molecule has 1 heterocycles. The molecule has 1 aromatic heterocycles. The van der Waals surface area contributed by atoms with Gasteiger partial charge in [-0.15, -0.1) is 0 Å². The highest BCUT2D eigenvalue weighted by Crippen LogP contribution is 2.32. The van der Waals surface area contributed by atoms with Crippen LogP contribution >= 0.6 is 23.3 Å². The van der Waals surface area contributed by atoms with Gasteiger partial charge in [0.2, 0.25) is 5.13 Å². The number of rotatable bonds is 4. The van der Waals surface area contributed by atoms with Gasteiger partial charge < -0.3 is 5.32 Å². The second kappa shape index (κ2) is 5.16. The molecule has 2 atom stereocenters. The SMILES string of the molecule is CCS[C@@H]1CCC[C@@H]1Nc1nc(C)ns1. The molecule has 1 aliphatic carbocycles. The average molecular weight is 243 g/mol. The van der Waals surface area contributed by atoms with E-state index < -0.39 is 0 Å². The number of nitrogens with one attached hydrogen (secondary N) is 1. The third kappa shape index (κ3) is 2.84. The van der Waals surface area contributed by atoms with Gasteiger partial charge in [-0.1, -0.05) is 13.3 Å². The molecular weight excluding hydrogens is 226 g/mol. The fraction of sp³-hybridized carbons (Fsp3) is 0.800. The van der Waals surface area contributed by atoms with E-state index in [0.29, 0.717) is 6.04 Å². The highest BCUT2D eigenvalue weighted by Gasteiger charge is 2.27. The normalized spacial score (nSPS) is 25.7. The first-order chi connectivity index (χ1) is 7.29. The van der Waals surface area contributed by atoms with Gasteiger partial charge in [-0.05, 0) is 25.5 Å². The van der Waals surface area contributed by atoms with Gasteiger partial charge in [0.05, 0.1) is 0 Å². The van der Waals surface area contributed by atoms with E-state index >= 15 is 0 Å². The molecule has 2 rings (SSSR count). The summed E-state index contributed by atoms with van der Waals surface area (Å²) in [5, 5.41) is 5.27. The lowest BCUT2D eigenvalue weighted by Gasteiger charge is -2.19. The number of aromatic nitrogens is 2. The van der Waals surface area contributed by atoms with Crippen LogP contribution < -0.4 is 5.32 Å². The smallest absolute Gasteiger partial charge is 0.202 e. The molecular formula is C10H17N3S2. The summed E-state index contributed by atoms with van der Waals surface area (Å²) < 4.78 is 4.19. The Labute approximate surface area is 99.2 Å². The Morgan fingerprint density at radius 3 is 3.07 bits per heavy atom. The molecule has 15 heavy (non-hydrogen) atoms. The third-order valence-corrected chi connectivity index (χ3v) is 4.73. The molecule has 0 spiro atoms. The summed E-state index contributed by atoms with van der Waals surface area (Å²) in [5.41, 5.74) is 0. The fourth-order valence-corrected chi connectivity index (χ4v) is 3.85. The van der Waals surface area contributed by atoms with E-state index in [2.05, 4.69) is 33.4 Å². The second-order valence-electron chi connectivity index (χ2n) is 3.82.